The van der Waals surface area contributed by atoms with Crippen LogP contribution in [-0.4, -0.2) is 23.0 Å². The minimum atomic E-state index is -0.211. The first-order valence-electron chi connectivity index (χ1n) is 7.94. The second-order valence-electron chi connectivity index (χ2n) is 6.49. The lowest BCUT2D eigenvalue weighted by Crippen LogP contribution is -2.41. The molecule has 1 aromatic rings. The van der Waals surface area contributed by atoms with Gasteiger partial charge in [0.05, 0.1) is 0 Å². The van der Waals surface area contributed by atoms with Crippen molar-refractivity contribution in [2.24, 2.45) is 17.6 Å². The zero-order valence-corrected chi connectivity index (χ0v) is 13.2. The van der Waals surface area contributed by atoms with E-state index >= 15 is 0 Å². The molecule has 1 aromatic carbocycles. The standard InChI is InChI=1S/C17H23FN2S/c18-15-5-6-16(17(19)21)14(9-15)11-20-8-7-12-3-1-2-4-13(12)10-20/h5-6,9,12-13H,1-4,7-8,10-11H2,(H2,19,21). The molecule has 1 saturated carbocycles. The summed E-state index contributed by atoms with van der Waals surface area (Å²) in [4.78, 5) is 2.81. The Hall–Kier alpha value is -1.00. The number of likely N-dealkylation sites (tertiary alicyclic amines) is 1. The van der Waals surface area contributed by atoms with E-state index in [0.717, 1.165) is 42.6 Å². The number of nitrogens with two attached hydrogens (primary N) is 1. The fourth-order valence-electron chi connectivity index (χ4n) is 3.99. The topological polar surface area (TPSA) is 29.3 Å². The van der Waals surface area contributed by atoms with E-state index in [1.165, 1.54) is 38.2 Å². The third kappa shape index (κ3) is 3.43. The Bertz CT molecular complexity index is 532. The highest BCUT2D eigenvalue weighted by Gasteiger charge is 2.31. The summed E-state index contributed by atoms with van der Waals surface area (Å²) in [5.74, 6) is 1.53. The molecule has 2 nitrogen and oxygen atoms in total. The number of benzene rings is 1. The normalized spacial score (nSPS) is 26.3. The quantitative estimate of drug-likeness (QED) is 0.867. The van der Waals surface area contributed by atoms with Crippen molar-refractivity contribution in [3.05, 3.63) is 35.1 Å². The molecule has 0 spiro atoms. The van der Waals surface area contributed by atoms with Gasteiger partial charge in [0, 0.05) is 18.7 Å². The predicted octanol–water partition coefficient (Wildman–Crippen LogP) is 3.47. The van der Waals surface area contributed by atoms with Gasteiger partial charge in [-0.25, -0.2) is 4.39 Å². The van der Waals surface area contributed by atoms with Crippen LogP contribution in [0.1, 0.15) is 43.2 Å². The van der Waals surface area contributed by atoms with Crippen molar-refractivity contribution in [1.82, 2.24) is 4.90 Å². The molecule has 114 valence electrons. The summed E-state index contributed by atoms with van der Waals surface area (Å²) in [6, 6.07) is 4.73. The van der Waals surface area contributed by atoms with Gasteiger partial charge in [0.25, 0.3) is 0 Å². The van der Waals surface area contributed by atoms with Gasteiger partial charge >= 0.3 is 0 Å². The number of piperidine rings is 1. The number of hydrogen-bond donors (Lipinski definition) is 1. The van der Waals surface area contributed by atoms with E-state index in [1.54, 1.807) is 12.1 Å². The van der Waals surface area contributed by atoms with E-state index in [0.29, 0.717) is 4.99 Å². The molecule has 3 rings (SSSR count). The summed E-state index contributed by atoms with van der Waals surface area (Å²) in [5, 5.41) is 0. The Morgan fingerprint density at radius 1 is 1.24 bits per heavy atom. The minimum Gasteiger partial charge on any atom is -0.389 e. The molecule has 0 bridgehead atoms. The van der Waals surface area contributed by atoms with E-state index in [2.05, 4.69) is 4.90 Å². The van der Waals surface area contributed by atoms with Gasteiger partial charge in [0.1, 0.15) is 10.8 Å². The third-order valence-electron chi connectivity index (χ3n) is 5.10. The van der Waals surface area contributed by atoms with Crippen molar-refractivity contribution in [3.63, 3.8) is 0 Å². The molecule has 1 aliphatic carbocycles. The Morgan fingerprint density at radius 3 is 2.76 bits per heavy atom. The fourth-order valence-corrected chi connectivity index (χ4v) is 4.19. The first-order valence-corrected chi connectivity index (χ1v) is 8.35. The van der Waals surface area contributed by atoms with Crippen LogP contribution in [-0.2, 0) is 6.54 Å². The van der Waals surface area contributed by atoms with Gasteiger partial charge in [0.15, 0.2) is 0 Å². The summed E-state index contributed by atoms with van der Waals surface area (Å²) < 4.78 is 13.5. The van der Waals surface area contributed by atoms with Gasteiger partial charge in [-0.15, -0.1) is 0 Å². The lowest BCUT2D eigenvalue weighted by molar-refractivity contribution is 0.0820. The van der Waals surface area contributed by atoms with Crippen LogP contribution in [0, 0.1) is 17.7 Å². The van der Waals surface area contributed by atoms with Crippen LogP contribution in [0.4, 0.5) is 4.39 Å². The molecule has 4 heteroatoms. The average molecular weight is 306 g/mol. The molecular weight excluding hydrogens is 283 g/mol. The zero-order valence-electron chi connectivity index (χ0n) is 12.4. The summed E-state index contributed by atoms with van der Waals surface area (Å²) in [7, 11) is 0. The molecule has 21 heavy (non-hydrogen) atoms. The fraction of sp³-hybridized carbons (Fsp3) is 0.588. The summed E-state index contributed by atoms with van der Waals surface area (Å²) in [6.45, 7) is 3.00. The second kappa shape index (κ2) is 6.41. The van der Waals surface area contributed by atoms with E-state index in [4.69, 9.17) is 18.0 Å². The van der Waals surface area contributed by atoms with Gasteiger partial charge in [-0.3, -0.25) is 4.90 Å². The van der Waals surface area contributed by atoms with E-state index in [9.17, 15) is 4.39 Å². The van der Waals surface area contributed by atoms with E-state index < -0.39 is 0 Å². The number of halogens is 1. The highest BCUT2D eigenvalue weighted by atomic mass is 32.1. The van der Waals surface area contributed by atoms with Crippen LogP contribution < -0.4 is 5.73 Å². The van der Waals surface area contributed by atoms with Gasteiger partial charge in [-0.1, -0.05) is 31.5 Å². The molecule has 0 radical (unpaired) electrons. The number of rotatable bonds is 3. The van der Waals surface area contributed by atoms with Crippen molar-refractivity contribution in [2.45, 2.75) is 38.6 Å². The number of nitrogens with zero attached hydrogens (tertiary/aromatic N) is 1. The molecule has 1 heterocycles. The van der Waals surface area contributed by atoms with Gasteiger partial charge in [-0.05, 0) is 55.0 Å². The highest BCUT2D eigenvalue weighted by Crippen LogP contribution is 2.36. The smallest absolute Gasteiger partial charge is 0.123 e. The van der Waals surface area contributed by atoms with Crippen LogP contribution in [0.3, 0.4) is 0 Å². The largest absolute Gasteiger partial charge is 0.389 e. The van der Waals surface area contributed by atoms with Crippen molar-refractivity contribution < 1.29 is 4.39 Å². The lowest BCUT2D eigenvalue weighted by atomic mass is 9.75. The van der Waals surface area contributed by atoms with Crippen LogP contribution >= 0.6 is 12.2 Å². The molecular formula is C17H23FN2S. The summed E-state index contributed by atoms with van der Waals surface area (Å²) in [5.41, 5.74) is 7.51. The Labute approximate surface area is 131 Å². The first kappa shape index (κ1) is 14.9. The van der Waals surface area contributed by atoms with E-state index in [-0.39, 0.29) is 5.82 Å². The third-order valence-corrected chi connectivity index (χ3v) is 5.32. The number of hydrogen-bond acceptors (Lipinski definition) is 2. The van der Waals surface area contributed by atoms with Gasteiger partial charge < -0.3 is 5.73 Å². The Balaban J connectivity index is 1.72. The van der Waals surface area contributed by atoms with Gasteiger partial charge in [0.2, 0.25) is 0 Å². The maximum atomic E-state index is 13.5. The van der Waals surface area contributed by atoms with Crippen molar-refractivity contribution >= 4 is 17.2 Å². The first-order chi connectivity index (χ1) is 10.1. The molecule has 2 N–H and O–H groups in total. The summed E-state index contributed by atoms with van der Waals surface area (Å²) in [6.07, 6.45) is 6.80. The van der Waals surface area contributed by atoms with Crippen LogP contribution in [0.2, 0.25) is 0 Å². The summed E-state index contributed by atoms with van der Waals surface area (Å²) >= 11 is 5.09. The maximum Gasteiger partial charge on any atom is 0.123 e. The molecule has 2 aliphatic rings. The maximum absolute atomic E-state index is 13.5. The number of thiocarbonyl (C=S) groups is 1. The SMILES string of the molecule is NC(=S)c1ccc(F)cc1CN1CCC2CCCCC2C1. The van der Waals surface area contributed by atoms with Crippen LogP contribution in [0.15, 0.2) is 18.2 Å². The van der Waals surface area contributed by atoms with Crippen LogP contribution in [0.25, 0.3) is 0 Å². The minimum absolute atomic E-state index is 0.211. The molecule has 2 unspecified atom stereocenters. The molecule has 0 aromatic heterocycles. The average Bonchev–Trinajstić information content (AvgIpc) is 2.47. The lowest BCUT2D eigenvalue weighted by Gasteiger charge is -2.41. The molecule has 2 atom stereocenters. The monoisotopic (exact) mass is 306 g/mol. The highest BCUT2D eigenvalue weighted by molar-refractivity contribution is 7.80. The van der Waals surface area contributed by atoms with E-state index in [1.807, 2.05) is 0 Å². The molecule has 1 saturated heterocycles. The Morgan fingerprint density at radius 2 is 2.00 bits per heavy atom. The van der Waals surface area contributed by atoms with Crippen LogP contribution in [0.5, 0.6) is 0 Å². The van der Waals surface area contributed by atoms with Crippen molar-refractivity contribution in [1.29, 1.82) is 0 Å². The number of fused-ring (bicyclic) bond motifs is 1. The van der Waals surface area contributed by atoms with Crippen molar-refractivity contribution in [3.8, 4) is 0 Å². The molecule has 2 fully saturated rings. The van der Waals surface area contributed by atoms with Crippen molar-refractivity contribution in [2.75, 3.05) is 13.1 Å². The van der Waals surface area contributed by atoms with Gasteiger partial charge in [-0.2, -0.15) is 0 Å². The predicted molar refractivity (Wildman–Crippen MR) is 87.6 cm³/mol. The second-order valence-corrected chi connectivity index (χ2v) is 6.93. The zero-order chi connectivity index (χ0) is 14.8. The Kier molecular flexibility index (Phi) is 4.55. The molecule has 0 amide bonds. The molecule has 1 aliphatic heterocycles.